The maximum Gasteiger partial charge on any atom is 0.0107 e. The lowest BCUT2D eigenvalue weighted by Crippen LogP contribution is -2.43. The van der Waals surface area contributed by atoms with Gasteiger partial charge in [-0.05, 0) is 44.2 Å². The SMILES string of the molecule is CCNC1CCCCC1CN1CCC(CC)C1. The van der Waals surface area contributed by atoms with Crippen molar-refractivity contribution in [3.8, 4) is 0 Å². The van der Waals surface area contributed by atoms with E-state index in [1.165, 1.54) is 58.2 Å². The predicted molar refractivity (Wildman–Crippen MR) is 74.3 cm³/mol. The summed E-state index contributed by atoms with van der Waals surface area (Å²) >= 11 is 0. The molecule has 17 heavy (non-hydrogen) atoms. The van der Waals surface area contributed by atoms with Gasteiger partial charge in [-0.15, -0.1) is 0 Å². The number of rotatable bonds is 5. The smallest absolute Gasteiger partial charge is 0.0107 e. The van der Waals surface area contributed by atoms with Gasteiger partial charge in [-0.2, -0.15) is 0 Å². The van der Waals surface area contributed by atoms with Crippen molar-refractivity contribution in [2.24, 2.45) is 11.8 Å². The summed E-state index contributed by atoms with van der Waals surface area (Å²) in [6, 6.07) is 0.800. The Morgan fingerprint density at radius 2 is 1.94 bits per heavy atom. The van der Waals surface area contributed by atoms with Crippen LogP contribution in [0, 0.1) is 11.8 Å². The van der Waals surface area contributed by atoms with Crippen LogP contribution >= 0.6 is 0 Å². The first kappa shape index (κ1) is 13.4. The van der Waals surface area contributed by atoms with Crippen molar-refractivity contribution in [2.45, 2.75) is 58.4 Å². The average Bonchev–Trinajstić information content (AvgIpc) is 2.80. The van der Waals surface area contributed by atoms with Crippen LogP contribution in [0.4, 0.5) is 0 Å². The Bertz CT molecular complexity index is 215. The Morgan fingerprint density at radius 3 is 2.65 bits per heavy atom. The Kier molecular flexibility index (Phi) is 5.30. The molecule has 1 saturated heterocycles. The topological polar surface area (TPSA) is 15.3 Å². The zero-order valence-electron chi connectivity index (χ0n) is 11.8. The molecule has 1 saturated carbocycles. The van der Waals surface area contributed by atoms with Gasteiger partial charge in [0.2, 0.25) is 0 Å². The highest BCUT2D eigenvalue weighted by atomic mass is 15.2. The van der Waals surface area contributed by atoms with E-state index in [0.29, 0.717) is 0 Å². The van der Waals surface area contributed by atoms with E-state index in [1.54, 1.807) is 0 Å². The van der Waals surface area contributed by atoms with E-state index in [9.17, 15) is 0 Å². The van der Waals surface area contributed by atoms with Gasteiger partial charge >= 0.3 is 0 Å². The first-order valence-corrected chi connectivity index (χ1v) is 7.79. The summed E-state index contributed by atoms with van der Waals surface area (Å²) in [4.78, 5) is 2.73. The lowest BCUT2D eigenvalue weighted by Gasteiger charge is -2.34. The molecule has 0 amide bonds. The van der Waals surface area contributed by atoms with E-state index in [-0.39, 0.29) is 0 Å². The number of hydrogen-bond donors (Lipinski definition) is 1. The molecule has 1 heterocycles. The third-order valence-electron chi connectivity index (χ3n) is 4.82. The molecule has 0 radical (unpaired) electrons. The summed E-state index contributed by atoms with van der Waals surface area (Å²) in [6.45, 7) is 9.80. The van der Waals surface area contributed by atoms with Crippen molar-refractivity contribution >= 4 is 0 Å². The molecular weight excluding hydrogens is 208 g/mol. The number of likely N-dealkylation sites (tertiary alicyclic amines) is 1. The normalized spacial score (nSPS) is 35.3. The van der Waals surface area contributed by atoms with E-state index < -0.39 is 0 Å². The maximum absolute atomic E-state index is 3.71. The minimum atomic E-state index is 0.800. The molecular formula is C15H30N2. The highest BCUT2D eigenvalue weighted by molar-refractivity contribution is 4.85. The van der Waals surface area contributed by atoms with E-state index in [1.807, 2.05) is 0 Å². The first-order valence-electron chi connectivity index (χ1n) is 7.79. The van der Waals surface area contributed by atoms with Gasteiger partial charge in [-0.3, -0.25) is 0 Å². The zero-order chi connectivity index (χ0) is 12.1. The number of nitrogens with one attached hydrogen (secondary N) is 1. The molecule has 0 aromatic rings. The molecule has 1 N–H and O–H groups in total. The third-order valence-corrected chi connectivity index (χ3v) is 4.82. The van der Waals surface area contributed by atoms with Crippen LogP contribution < -0.4 is 5.32 Å². The summed E-state index contributed by atoms with van der Waals surface area (Å²) in [5.41, 5.74) is 0. The van der Waals surface area contributed by atoms with Crippen molar-refractivity contribution in [2.75, 3.05) is 26.2 Å². The van der Waals surface area contributed by atoms with Crippen molar-refractivity contribution in [1.82, 2.24) is 10.2 Å². The van der Waals surface area contributed by atoms with E-state index >= 15 is 0 Å². The fourth-order valence-electron chi connectivity index (χ4n) is 3.70. The van der Waals surface area contributed by atoms with E-state index in [4.69, 9.17) is 0 Å². The zero-order valence-corrected chi connectivity index (χ0v) is 11.8. The van der Waals surface area contributed by atoms with Crippen molar-refractivity contribution < 1.29 is 0 Å². The lowest BCUT2D eigenvalue weighted by atomic mass is 9.84. The minimum absolute atomic E-state index is 0.800. The molecule has 3 atom stereocenters. The lowest BCUT2D eigenvalue weighted by molar-refractivity contribution is 0.186. The maximum atomic E-state index is 3.71. The van der Waals surface area contributed by atoms with Crippen LogP contribution in [-0.4, -0.2) is 37.1 Å². The summed E-state index contributed by atoms with van der Waals surface area (Å²) in [5.74, 6) is 1.90. The van der Waals surface area contributed by atoms with Crippen LogP contribution in [0.15, 0.2) is 0 Å². The minimum Gasteiger partial charge on any atom is -0.314 e. The van der Waals surface area contributed by atoms with Crippen LogP contribution in [-0.2, 0) is 0 Å². The van der Waals surface area contributed by atoms with Crippen LogP contribution in [0.2, 0.25) is 0 Å². The second-order valence-electron chi connectivity index (χ2n) is 6.03. The summed E-state index contributed by atoms with van der Waals surface area (Å²) in [7, 11) is 0. The molecule has 2 nitrogen and oxygen atoms in total. The molecule has 100 valence electrons. The van der Waals surface area contributed by atoms with Gasteiger partial charge in [0.05, 0.1) is 0 Å². The largest absolute Gasteiger partial charge is 0.314 e. The Balaban J connectivity index is 1.79. The van der Waals surface area contributed by atoms with Gasteiger partial charge < -0.3 is 10.2 Å². The summed E-state index contributed by atoms with van der Waals surface area (Å²) in [6.07, 6.45) is 8.56. The molecule has 1 aliphatic carbocycles. The monoisotopic (exact) mass is 238 g/mol. The fraction of sp³-hybridized carbons (Fsp3) is 1.00. The van der Waals surface area contributed by atoms with Gasteiger partial charge in [0.1, 0.15) is 0 Å². The number of nitrogens with zero attached hydrogens (tertiary/aromatic N) is 1. The Hall–Kier alpha value is -0.0800. The molecule has 0 bridgehead atoms. The van der Waals surface area contributed by atoms with Crippen molar-refractivity contribution in [1.29, 1.82) is 0 Å². The molecule has 2 heteroatoms. The Labute approximate surface area is 107 Å². The Morgan fingerprint density at radius 1 is 1.12 bits per heavy atom. The quantitative estimate of drug-likeness (QED) is 0.792. The first-order chi connectivity index (χ1) is 8.33. The molecule has 3 unspecified atom stereocenters. The second-order valence-corrected chi connectivity index (χ2v) is 6.03. The molecule has 0 spiro atoms. The van der Waals surface area contributed by atoms with Crippen LogP contribution in [0.25, 0.3) is 0 Å². The van der Waals surface area contributed by atoms with Crippen LogP contribution in [0.5, 0.6) is 0 Å². The highest BCUT2D eigenvalue weighted by Crippen LogP contribution is 2.28. The van der Waals surface area contributed by atoms with Crippen LogP contribution in [0.3, 0.4) is 0 Å². The third kappa shape index (κ3) is 3.69. The summed E-state index contributed by atoms with van der Waals surface area (Å²) in [5, 5.41) is 3.71. The predicted octanol–water partition coefficient (Wildman–Crippen LogP) is 2.89. The fourth-order valence-corrected chi connectivity index (χ4v) is 3.70. The molecule has 2 fully saturated rings. The van der Waals surface area contributed by atoms with Crippen LogP contribution in [0.1, 0.15) is 52.4 Å². The number of hydrogen-bond acceptors (Lipinski definition) is 2. The van der Waals surface area contributed by atoms with Gasteiger partial charge in [-0.1, -0.05) is 33.1 Å². The highest BCUT2D eigenvalue weighted by Gasteiger charge is 2.29. The second kappa shape index (κ2) is 6.75. The average molecular weight is 238 g/mol. The van der Waals surface area contributed by atoms with Gasteiger partial charge in [0.25, 0.3) is 0 Å². The summed E-state index contributed by atoms with van der Waals surface area (Å²) < 4.78 is 0. The van der Waals surface area contributed by atoms with E-state index in [0.717, 1.165) is 24.4 Å². The van der Waals surface area contributed by atoms with Crippen molar-refractivity contribution in [3.05, 3.63) is 0 Å². The molecule has 1 aliphatic heterocycles. The molecule has 2 aliphatic rings. The van der Waals surface area contributed by atoms with Gasteiger partial charge in [0.15, 0.2) is 0 Å². The molecule has 2 rings (SSSR count). The molecule has 0 aromatic heterocycles. The van der Waals surface area contributed by atoms with Gasteiger partial charge in [-0.25, -0.2) is 0 Å². The van der Waals surface area contributed by atoms with Crippen molar-refractivity contribution in [3.63, 3.8) is 0 Å². The standard InChI is InChI=1S/C15H30N2/c1-3-13-9-10-17(11-13)12-14-7-5-6-8-15(14)16-4-2/h13-16H,3-12H2,1-2H3. The van der Waals surface area contributed by atoms with Gasteiger partial charge in [0, 0.05) is 19.1 Å². The molecule has 0 aromatic carbocycles. The van der Waals surface area contributed by atoms with E-state index in [2.05, 4.69) is 24.1 Å².